The molecular weight excluding hydrogens is 190 g/mol. The minimum Gasteiger partial charge on any atom is -0.476 e. The normalized spacial score (nSPS) is 10.2. The molecule has 2 aromatic heterocycles. The molecule has 0 unspecified atom stereocenters. The van der Waals surface area contributed by atoms with Crippen LogP contribution in [0.25, 0.3) is 0 Å². The van der Waals surface area contributed by atoms with Crippen LogP contribution in [0.3, 0.4) is 0 Å². The molecule has 0 bridgehead atoms. The van der Waals surface area contributed by atoms with Crippen LogP contribution in [-0.2, 0) is 6.54 Å². The molecule has 15 heavy (non-hydrogen) atoms. The third-order valence-corrected chi connectivity index (χ3v) is 2.04. The van der Waals surface area contributed by atoms with Crippen molar-refractivity contribution in [3.63, 3.8) is 0 Å². The first-order chi connectivity index (χ1) is 7.34. The van der Waals surface area contributed by atoms with Gasteiger partial charge in [0.2, 0.25) is 5.88 Å². The second-order valence-electron chi connectivity index (χ2n) is 3.27. The van der Waals surface area contributed by atoms with E-state index < -0.39 is 0 Å². The predicted octanol–water partition coefficient (Wildman–Crippen LogP) is 1.67. The van der Waals surface area contributed by atoms with Crippen LogP contribution in [-0.4, -0.2) is 21.1 Å². The summed E-state index contributed by atoms with van der Waals surface area (Å²) in [4.78, 5) is 8.02. The molecule has 0 fully saturated rings. The summed E-state index contributed by atoms with van der Waals surface area (Å²) in [6, 6.07) is 5.82. The summed E-state index contributed by atoms with van der Waals surface area (Å²) in [5, 5.41) is 0. The molecule has 0 saturated heterocycles. The van der Waals surface area contributed by atoms with Crippen LogP contribution in [0.5, 0.6) is 5.88 Å². The van der Waals surface area contributed by atoms with Gasteiger partial charge in [-0.05, 0) is 19.1 Å². The summed E-state index contributed by atoms with van der Waals surface area (Å²) in [5.74, 6) is 0.634. The first-order valence-electron chi connectivity index (χ1n) is 4.87. The molecule has 0 spiro atoms. The van der Waals surface area contributed by atoms with Gasteiger partial charge in [-0.3, -0.25) is 0 Å². The Bertz CT molecular complexity index is 412. The van der Waals surface area contributed by atoms with E-state index in [-0.39, 0.29) is 0 Å². The number of hydrogen-bond acceptors (Lipinski definition) is 3. The lowest BCUT2D eigenvalue weighted by molar-refractivity contribution is 0.287. The SMILES string of the molecule is Cc1cc(OCCn2cccc2)ncn1. The van der Waals surface area contributed by atoms with E-state index in [0.29, 0.717) is 12.5 Å². The van der Waals surface area contributed by atoms with Crippen LogP contribution < -0.4 is 4.74 Å². The van der Waals surface area contributed by atoms with Gasteiger partial charge in [-0.2, -0.15) is 0 Å². The van der Waals surface area contributed by atoms with Crippen LogP contribution in [0, 0.1) is 6.92 Å². The maximum atomic E-state index is 5.49. The molecule has 0 aliphatic rings. The van der Waals surface area contributed by atoms with Crippen molar-refractivity contribution in [2.24, 2.45) is 0 Å². The lowest BCUT2D eigenvalue weighted by Gasteiger charge is -2.05. The summed E-state index contributed by atoms with van der Waals surface area (Å²) in [6.07, 6.45) is 5.53. The molecule has 78 valence electrons. The van der Waals surface area contributed by atoms with Gasteiger partial charge < -0.3 is 9.30 Å². The predicted molar refractivity (Wildman–Crippen MR) is 56.7 cm³/mol. The van der Waals surface area contributed by atoms with Crippen LogP contribution in [0.4, 0.5) is 0 Å². The minimum absolute atomic E-state index is 0.616. The van der Waals surface area contributed by atoms with E-state index in [9.17, 15) is 0 Å². The zero-order valence-electron chi connectivity index (χ0n) is 8.63. The van der Waals surface area contributed by atoms with Crippen molar-refractivity contribution >= 4 is 0 Å². The molecule has 0 radical (unpaired) electrons. The Labute approximate surface area is 88.6 Å². The van der Waals surface area contributed by atoms with Gasteiger partial charge in [0.1, 0.15) is 12.9 Å². The lowest BCUT2D eigenvalue weighted by Crippen LogP contribution is -2.07. The first kappa shape index (κ1) is 9.71. The van der Waals surface area contributed by atoms with Crippen molar-refractivity contribution in [2.45, 2.75) is 13.5 Å². The Morgan fingerprint density at radius 3 is 2.80 bits per heavy atom. The fourth-order valence-corrected chi connectivity index (χ4v) is 1.28. The van der Waals surface area contributed by atoms with Crippen molar-refractivity contribution in [1.82, 2.24) is 14.5 Å². The second-order valence-corrected chi connectivity index (χ2v) is 3.27. The summed E-state index contributed by atoms with van der Waals surface area (Å²) in [6.45, 7) is 3.36. The van der Waals surface area contributed by atoms with Crippen molar-refractivity contribution in [3.8, 4) is 5.88 Å². The maximum absolute atomic E-state index is 5.49. The Kier molecular flexibility index (Phi) is 2.97. The van der Waals surface area contributed by atoms with Gasteiger partial charge in [-0.15, -0.1) is 0 Å². The fourth-order valence-electron chi connectivity index (χ4n) is 1.28. The Morgan fingerprint density at radius 1 is 1.27 bits per heavy atom. The van der Waals surface area contributed by atoms with Crippen LogP contribution in [0.1, 0.15) is 5.69 Å². The van der Waals surface area contributed by atoms with Crippen LogP contribution in [0.2, 0.25) is 0 Å². The fraction of sp³-hybridized carbons (Fsp3) is 0.273. The lowest BCUT2D eigenvalue weighted by atomic mass is 10.4. The van der Waals surface area contributed by atoms with Crippen molar-refractivity contribution in [1.29, 1.82) is 0 Å². The van der Waals surface area contributed by atoms with Gasteiger partial charge in [0.05, 0.1) is 6.54 Å². The second kappa shape index (κ2) is 4.59. The van der Waals surface area contributed by atoms with Crippen molar-refractivity contribution in [3.05, 3.63) is 42.6 Å². The van der Waals surface area contributed by atoms with E-state index >= 15 is 0 Å². The number of nitrogens with zero attached hydrogens (tertiary/aromatic N) is 3. The smallest absolute Gasteiger partial charge is 0.216 e. The molecule has 0 saturated carbocycles. The summed E-state index contributed by atoms with van der Waals surface area (Å²) < 4.78 is 7.55. The Hall–Kier alpha value is -1.84. The van der Waals surface area contributed by atoms with E-state index in [1.807, 2.05) is 37.5 Å². The monoisotopic (exact) mass is 203 g/mol. The highest BCUT2D eigenvalue weighted by Crippen LogP contribution is 2.05. The largest absolute Gasteiger partial charge is 0.476 e. The molecule has 4 nitrogen and oxygen atoms in total. The van der Waals surface area contributed by atoms with Gasteiger partial charge in [0, 0.05) is 24.2 Å². The number of hydrogen-bond donors (Lipinski definition) is 0. The van der Waals surface area contributed by atoms with E-state index in [1.54, 1.807) is 0 Å². The highest BCUT2D eigenvalue weighted by atomic mass is 16.5. The highest BCUT2D eigenvalue weighted by Gasteiger charge is 1.96. The Morgan fingerprint density at radius 2 is 2.07 bits per heavy atom. The summed E-state index contributed by atoms with van der Waals surface area (Å²) in [7, 11) is 0. The molecule has 0 aromatic carbocycles. The molecule has 0 aliphatic heterocycles. The van der Waals surface area contributed by atoms with Gasteiger partial charge in [-0.25, -0.2) is 9.97 Å². The molecule has 0 amide bonds. The van der Waals surface area contributed by atoms with Crippen molar-refractivity contribution < 1.29 is 4.74 Å². The van der Waals surface area contributed by atoms with Gasteiger partial charge in [0.25, 0.3) is 0 Å². The quantitative estimate of drug-likeness (QED) is 0.758. The zero-order chi connectivity index (χ0) is 10.5. The van der Waals surface area contributed by atoms with E-state index in [0.717, 1.165) is 12.2 Å². The average Bonchev–Trinajstić information content (AvgIpc) is 2.71. The standard InChI is InChI=1S/C11H13N3O/c1-10-8-11(13-9-12-10)15-7-6-14-4-2-3-5-14/h2-5,8-9H,6-7H2,1H3. The van der Waals surface area contributed by atoms with Gasteiger partial charge in [0.15, 0.2) is 0 Å². The minimum atomic E-state index is 0.616. The third kappa shape index (κ3) is 2.80. The maximum Gasteiger partial charge on any atom is 0.216 e. The molecule has 0 aliphatic carbocycles. The third-order valence-electron chi connectivity index (χ3n) is 2.04. The molecule has 2 heterocycles. The van der Waals surface area contributed by atoms with Gasteiger partial charge >= 0.3 is 0 Å². The van der Waals surface area contributed by atoms with Gasteiger partial charge in [-0.1, -0.05) is 0 Å². The first-order valence-corrected chi connectivity index (χ1v) is 4.87. The van der Waals surface area contributed by atoms with E-state index in [2.05, 4.69) is 14.5 Å². The molecular formula is C11H13N3O. The van der Waals surface area contributed by atoms with Crippen LogP contribution in [0.15, 0.2) is 36.9 Å². The van der Waals surface area contributed by atoms with Crippen LogP contribution >= 0.6 is 0 Å². The number of aryl methyl sites for hydroxylation is 1. The zero-order valence-corrected chi connectivity index (χ0v) is 8.63. The summed E-state index contributed by atoms with van der Waals surface area (Å²) in [5.41, 5.74) is 0.918. The molecule has 2 aromatic rings. The number of ether oxygens (including phenoxy) is 1. The summed E-state index contributed by atoms with van der Waals surface area (Å²) >= 11 is 0. The molecule has 0 N–H and O–H groups in total. The topological polar surface area (TPSA) is 39.9 Å². The molecule has 0 atom stereocenters. The molecule has 4 heteroatoms. The van der Waals surface area contributed by atoms with E-state index in [4.69, 9.17) is 4.74 Å². The average molecular weight is 203 g/mol. The van der Waals surface area contributed by atoms with Crippen molar-refractivity contribution in [2.75, 3.05) is 6.61 Å². The highest BCUT2D eigenvalue weighted by molar-refractivity contribution is 5.11. The molecule has 2 rings (SSSR count). The van der Waals surface area contributed by atoms with E-state index in [1.165, 1.54) is 6.33 Å². The number of aromatic nitrogens is 3. The number of rotatable bonds is 4. The Balaban J connectivity index is 1.83.